The predicted molar refractivity (Wildman–Crippen MR) is 124 cm³/mol. The molecule has 4 rings (SSSR count). The van der Waals surface area contributed by atoms with Crippen molar-refractivity contribution in [3.63, 3.8) is 0 Å². The van der Waals surface area contributed by atoms with Crippen LogP contribution in [0.3, 0.4) is 0 Å². The van der Waals surface area contributed by atoms with Crippen LogP contribution in [0.25, 0.3) is 0 Å². The fraction of sp³-hybridized carbons (Fsp3) is 0.381. The molecule has 0 bridgehead atoms. The summed E-state index contributed by atoms with van der Waals surface area (Å²) in [5.41, 5.74) is 0.739. The summed E-state index contributed by atoms with van der Waals surface area (Å²) in [5.74, 6) is -8.18. The molecule has 16 heteroatoms. The Morgan fingerprint density at radius 1 is 1.16 bits per heavy atom. The Morgan fingerprint density at radius 2 is 1.70 bits per heavy atom. The van der Waals surface area contributed by atoms with Gasteiger partial charge in [-0.3, -0.25) is 19.3 Å². The maximum atomic E-state index is 13.3. The van der Waals surface area contributed by atoms with Crippen molar-refractivity contribution in [1.82, 2.24) is 4.90 Å². The normalized spacial score (nSPS) is 29.3. The van der Waals surface area contributed by atoms with Crippen molar-refractivity contribution >= 4 is 36.9 Å². The van der Waals surface area contributed by atoms with Gasteiger partial charge in [-0.25, -0.2) is 4.57 Å². The molecular weight excluding hydrogens is 539 g/mol. The molecule has 0 heterocycles. The number of aliphatic hydroxyl groups is 4. The van der Waals surface area contributed by atoms with E-state index in [2.05, 4.69) is 0 Å². The average Bonchev–Trinajstić information content (AvgIpc) is 2.74. The number of likely N-dealkylation sites (N-methyl/N-ethyl adjacent to an activating group) is 1. The maximum Gasteiger partial charge on any atom is 0.466 e. The molecule has 1 aromatic carbocycles. The second-order valence-electron chi connectivity index (χ2n) is 8.98. The molecule has 1 amide bonds. The number of ketones is 2. The number of amides is 1. The Labute approximate surface area is 213 Å². The van der Waals surface area contributed by atoms with Crippen LogP contribution in [0.15, 0.2) is 34.8 Å². The summed E-state index contributed by atoms with van der Waals surface area (Å²) >= 11 is 6.17. The zero-order chi connectivity index (χ0) is 28.4. The highest BCUT2D eigenvalue weighted by atomic mass is 35.5. The van der Waals surface area contributed by atoms with Crippen LogP contribution >= 0.6 is 19.4 Å². The van der Waals surface area contributed by atoms with Crippen LogP contribution in [0, 0.1) is 11.8 Å². The number of benzene rings is 1. The van der Waals surface area contributed by atoms with Crippen LogP contribution < -0.4 is 5.73 Å². The first-order valence-corrected chi connectivity index (χ1v) is 12.4. The number of phenolic OH excluding ortho intramolecular Hbond substituents is 1. The molecule has 3 aliphatic rings. The van der Waals surface area contributed by atoms with Crippen molar-refractivity contribution in [1.29, 1.82) is 0 Å². The Kier molecular flexibility index (Phi) is 7.38. The molecule has 5 atom stereocenters. The van der Waals surface area contributed by atoms with E-state index in [1.807, 2.05) is 0 Å². The van der Waals surface area contributed by atoms with Gasteiger partial charge in [-0.2, -0.15) is 0 Å². The molecule has 202 valence electrons. The largest absolute Gasteiger partial charge is 0.510 e. The quantitative estimate of drug-likeness (QED) is 0.160. The number of nitrogens with two attached hydrogens (primary N) is 1. The number of hydrogen-bond acceptors (Lipinski definition) is 10. The smallest absolute Gasteiger partial charge is 0.466 e. The van der Waals surface area contributed by atoms with Gasteiger partial charge in [0.2, 0.25) is 5.78 Å². The first kappa shape index (κ1) is 28.8. The number of primary amides is 1. The molecule has 0 saturated carbocycles. The van der Waals surface area contributed by atoms with E-state index in [0.717, 1.165) is 6.07 Å². The summed E-state index contributed by atoms with van der Waals surface area (Å²) in [6.07, 6.45) is -1.70. The third kappa shape index (κ3) is 4.56. The molecule has 0 aliphatic heterocycles. The molecule has 1 aromatic rings. The van der Waals surface area contributed by atoms with E-state index in [1.54, 1.807) is 0 Å². The summed E-state index contributed by atoms with van der Waals surface area (Å²) in [7, 11) is -1.61. The average molecular weight is 563 g/mol. The maximum absolute atomic E-state index is 13.3. The summed E-state index contributed by atoms with van der Waals surface area (Å²) in [4.78, 5) is 61.3. The van der Waals surface area contributed by atoms with E-state index in [9.17, 15) is 39.9 Å². The number of phosphoric acid groups is 1. The highest BCUT2D eigenvalue weighted by molar-refractivity contribution is 7.45. The minimum Gasteiger partial charge on any atom is -0.510 e. The number of halogens is 1. The molecule has 0 fully saturated rings. The van der Waals surface area contributed by atoms with E-state index in [1.165, 1.54) is 25.1 Å². The van der Waals surface area contributed by atoms with Crippen molar-refractivity contribution in [3.05, 3.63) is 50.9 Å². The molecular formula is C21H24ClN2O12P. The molecule has 0 unspecified atom stereocenters. The van der Waals surface area contributed by atoms with Gasteiger partial charge in [-0.1, -0.05) is 11.6 Å². The van der Waals surface area contributed by atoms with Gasteiger partial charge in [-0.15, -0.1) is 0 Å². The minimum absolute atomic E-state index is 0.0145. The molecule has 0 spiro atoms. The third-order valence-electron chi connectivity index (χ3n) is 6.64. The van der Waals surface area contributed by atoms with E-state index in [-0.39, 0.29) is 22.6 Å². The standard InChI is InChI=1S/C21H21ClN2O8.H3O4P/c1-24(2)14-7-5-6-10(16(27)12-9(25)4-3-8(22)11(12)15(6)26)18(29)21(7,32)19(30)13(17(14)28)20(23)31;1-5(2,3)4/h3-4,6-7,14-15,25-26,28-29,32H,5H2,1-2H3,(H2,23,31);(H3,1,2,3,4)/t6-,7-,14-,15-,21-;/m0./s1. The number of nitrogens with zero attached hydrogens (tertiary/aromatic N) is 1. The first-order valence-electron chi connectivity index (χ1n) is 10.5. The summed E-state index contributed by atoms with van der Waals surface area (Å²) in [5, 5.41) is 54.5. The fourth-order valence-electron chi connectivity index (χ4n) is 5.25. The SMILES string of the molecule is CN(C)[C@@H]1C(O)=C(C(N)=O)C(=O)[C@@]2(O)C(O)=C3C(=O)c4c(O)ccc(Cl)c4[C@@H](O)[C@H]3C[C@@H]12.O=P(O)(O)O. The number of carbonyl (C=O) groups is 3. The minimum atomic E-state index is -4.64. The first-order chi connectivity index (χ1) is 16.8. The lowest BCUT2D eigenvalue weighted by Gasteiger charge is -2.50. The van der Waals surface area contributed by atoms with Crippen molar-refractivity contribution in [3.8, 4) is 5.75 Å². The Bertz CT molecular complexity index is 1310. The lowest BCUT2D eigenvalue weighted by Crippen LogP contribution is -2.64. The van der Waals surface area contributed by atoms with Crippen LogP contribution in [0.1, 0.15) is 28.4 Å². The predicted octanol–water partition coefficient (Wildman–Crippen LogP) is -0.664. The van der Waals surface area contributed by atoms with E-state index >= 15 is 0 Å². The van der Waals surface area contributed by atoms with Crippen LogP contribution in [0.5, 0.6) is 5.75 Å². The summed E-state index contributed by atoms with van der Waals surface area (Å²) in [6, 6.07) is 1.30. The van der Waals surface area contributed by atoms with Crippen LogP contribution in [0.4, 0.5) is 0 Å². The Balaban J connectivity index is 0.000000695. The highest BCUT2D eigenvalue weighted by Crippen LogP contribution is 2.55. The number of Topliss-reactive ketones (excluding diaryl/α,β-unsaturated/α-hetero) is 2. The number of aliphatic hydroxyl groups excluding tert-OH is 3. The van der Waals surface area contributed by atoms with Crippen molar-refractivity contribution in [2.24, 2.45) is 17.6 Å². The number of rotatable bonds is 2. The molecule has 10 N–H and O–H groups in total. The molecule has 14 nitrogen and oxygen atoms in total. The van der Waals surface area contributed by atoms with Crippen LogP contribution in [-0.2, 0) is 14.2 Å². The third-order valence-corrected chi connectivity index (χ3v) is 6.97. The molecule has 0 radical (unpaired) electrons. The van der Waals surface area contributed by atoms with Gasteiger partial charge in [0.1, 0.15) is 22.8 Å². The zero-order valence-corrected chi connectivity index (χ0v) is 20.9. The molecule has 0 aromatic heterocycles. The van der Waals surface area contributed by atoms with Gasteiger partial charge in [-0.05, 0) is 32.6 Å². The topological polar surface area (TPSA) is 259 Å². The highest BCUT2D eigenvalue weighted by Gasteiger charge is 2.64. The number of hydrogen-bond donors (Lipinski definition) is 9. The van der Waals surface area contributed by atoms with Gasteiger partial charge in [0.15, 0.2) is 11.4 Å². The van der Waals surface area contributed by atoms with E-state index in [0.29, 0.717) is 0 Å². The second-order valence-corrected chi connectivity index (χ2v) is 10.4. The Morgan fingerprint density at radius 3 is 2.19 bits per heavy atom. The summed E-state index contributed by atoms with van der Waals surface area (Å²) in [6.45, 7) is 0. The van der Waals surface area contributed by atoms with Gasteiger partial charge in [0.25, 0.3) is 5.91 Å². The number of phenols is 1. The van der Waals surface area contributed by atoms with E-state index in [4.69, 9.17) is 36.6 Å². The van der Waals surface area contributed by atoms with Crippen molar-refractivity contribution in [2.45, 2.75) is 24.2 Å². The van der Waals surface area contributed by atoms with Crippen LogP contribution in [0.2, 0.25) is 5.02 Å². The van der Waals surface area contributed by atoms with Gasteiger partial charge in [0, 0.05) is 28.0 Å². The zero-order valence-electron chi connectivity index (χ0n) is 19.2. The Hall–Kier alpha value is -2.81. The molecule has 37 heavy (non-hydrogen) atoms. The summed E-state index contributed by atoms with van der Waals surface area (Å²) < 4.78 is 8.88. The number of carbonyl (C=O) groups excluding carboxylic acids is 3. The molecule has 3 aliphatic carbocycles. The van der Waals surface area contributed by atoms with Crippen molar-refractivity contribution in [2.75, 3.05) is 14.1 Å². The van der Waals surface area contributed by atoms with Gasteiger partial charge in [0.05, 0.1) is 17.7 Å². The van der Waals surface area contributed by atoms with Crippen LogP contribution in [-0.4, -0.2) is 88.3 Å². The molecule has 0 saturated heterocycles. The lowest BCUT2D eigenvalue weighted by atomic mass is 9.58. The van der Waals surface area contributed by atoms with E-state index < -0.39 is 83.3 Å². The monoisotopic (exact) mass is 562 g/mol. The number of fused-ring (bicyclic) bond motifs is 3. The van der Waals surface area contributed by atoms with Gasteiger partial charge >= 0.3 is 7.82 Å². The number of aromatic hydroxyl groups is 1. The fourth-order valence-corrected chi connectivity index (χ4v) is 5.52. The van der Waals surface area contributed by atoms with Crippen molar-refractivity contribution < 1.29 is 59.2 Å². The lowest BCUT2D eigenvalue weighted by molar-refractivity contribution is -0.149. The van der Waals surface area contributed by atoms with Gasteiger partial charge < -0.3 is 45.9 Å². The second kappa shape index (κ2) is 9.49.